The molecule has 0 radical (unpaired) electrons. The maximum atomic E-state index is 11.2. The van der Waals surface area contributed by atoms with Gasteiger partial charge < -0.3 is 4.74 Å². The Morgan fingerprint density at radius 3 is 2.93 bits per heavy atom. The molecule has 0 N–H and O–H groups in total. The molecule has 0 amide bonds. The van der Waals surface area contributed by atoms with Crippen LogP contribution in [0.5, 0.6) is 0 Å². The lowest BCUT2D eigenvalue weighted by molar-refractivity contribution is -0.137. The highest BCUT2D eigenvalue weighted by Crippen LogP contribution is 2.17. The van der Waals surface area contributed by atoms with Crippen LogP contribution < -0.4 is 0 Å². The average molecular weight is 192 g/mol. The third-order valence-corrected chi connectivity index (χ3v) is 2.28. The predicted molar refractivity (Wildman–Crippen MR) is 56.8 cm³/mol. The molecule has 0 heterocycles. The number of carbonyl (C=O) groups excluding carboxylic acids is 1. The molecule has 0 saturated carbocycles. The smallest absolute Gasteiger partial charge is 0.337 e. The summed E-state index contributed by atoms with van der Waals surface area (Å²) in [7, 11) is 0. The van der Waals surface area contributed by atoms with Crippen LogP contribution in [0.3, 0.4) is 0 Å². The molecule has 0 unspecified atom stereocenters. The summed E-state index contributed by atoms with van der Waals surface area (Å²) < 4.78 is 5.06. The van der Waals surface area contributed by atoms with Crippen molar-refractivity contribution in [3.05, 3.63) is 36.5 Å². The second-order valence-corrected chi connectivity index (χ2v) is 3.41. The lowest BCUT2D eigenvalue weighted by Gasteiger charge is -2.12. The molecular weight excluding hydrogens is 176 g/mol. The first-order chi connectivity index (χ1) is 6.74. The quantitative estimate of drug-likeness (QED) is 0.296. The van der Waals surface area contributed by atoms with Crippen LogP contribution in [0.15, 0.2) is 36.5 Å². The van der Waals surface area contributed by atoms with E-state index >= 15 is 0 Å². The van der Waals surface area contributed by atoms with E-state index in [4.69, 9.17) is 4.74 Å². The molecule has 1 aliphatic carbocycles. The molecule has 0 aromatic carbocycles. The van der Waals surface area contributed by atoms with Crippen LogP contribution in [0.2, 0.25) is 0 Å². The zero-order chi connectivity index (χ0) is 10.4. The van der Waals surface area contributed by atoms with Gasteiger partial charge in [-0.1, -0.05) is 25.3 Å². The van der Waals surface area contributed by atoms with E-state index in [1.165, 1.54) is 24.5 Å². The number of ether oxygens (including phenoxy) is 1. The Morgan fingerprint density at radius 2 is 2.36 bits per heavy atom. The first-order valence-corrected chi connectivity index (χ1v) is 4.90. The molecule has 0 saturated heterocycles. The van der Waals surface area contributed by atoms with Crippen molar-refractivity contribution in [1.82, 2.24) is 0 Å². The van der Waals surface area contributed by atoms with Gasteiger partial charge in [-0.15, -0.1) is 0 Å². The van der Waals surface area contributed by atoms with Crippen molar-refractivity contribution in [3.8, 4) is 0 Å². The molecule has 0 atom stereocenters. The fourth-order valence-electron chi connectivity index (χ4n) is 1.37. The van der Waals surface area contributed by atoms with Crippen molar-refractivity contribution in [2.45, 2.75) is 25.7 Å². The first-order valence-electron chi connectivity index (χ1n) is 4.90. The van der Waals surface area contributed by atoms with Crippen LogP contribution in [-0.2, 0) is 9.53 Å². The summed E-state index contributed by atoms with van der Waals surface area (Å²) in [6.07, 6.45) is 8.18. The van der Waals surface area contributed by atoms with E-state index in [0.717, 1.165) is 12.8 Å². The Kier molecular flexibility index (Phi) is 4.17. The number of allylic oxidation sites excluding steroid dienone is 1. The highest BCUT2D eigenvalue weighted by atomic mass is 16.5. The zero-order valence-electron chi connectivity index (χ0n) is 8.42. The van der Waals surface area contributed by atoms with E-state index in [1.54, 1.807) is 0 Å². The number of hydrogen-bond acceptors (Lipinski definition) is 2. The molecule has 2 heteroatoms. The summed E-state index contributed by atoms with van der Waals surface area (Å²) in [5.41, 5.74) is 1.54. The van der Waals surface area contributed by atoms with E-state index in [2.05, 4.69) is 19.2 Å². The molecular formula is C12H16O2. The number of carbonyl (C=O) groups is 1. The Morgan fingerprint density at radius 1 is 1.57 bits per heavy atom. The summed E-state index contributed by atoms with van der Waals surface area (Å²) in [6, 6.07) is 0. The van der Waals surface area contributed by atoms with Gasteiger partial charge in [-0.3, -0.25) is 0 Å². The second kappa shape index (κ2) is 5.43. The summed E-state index contributed by atoms with van der Waals surface area (Å²) in [5.74, 6) is -0.369. The fourth-order valence-corrected chi connectivity index (χ4v) is 1.37. The SMILES string of the molecule is C=CC(=C)C(=O)OCC1=CCCCC1. The van der Waals surface area contributed by atoms with Crippen LogP contribution in [0, 0.1) is 0 Å². The maximum Gasteiger partial charge on any atom is 0.337 e. The molecule has 0 spiro atoms. The first kappa shape index (κ1) is 10.8. The van der Waals surface area contributed by atoms with Gasteiger partial charge in [-0.2, -0.15) is 0 Å². The van der Waals surface area contributed by atoms with Crippen molar-refractivity contribution in [3.63, 3.8) is 0 Å². The summed E-state index contributed by atoms with van der Waals surface area (Å²) in [5, 5.41) is 0. The summed E-state index contributed by atoms with van der Waals surface area (Å²) >= 11 is 0. The Labute approximate surface area is 85.0 Å². The van der Waals surface area contributed by atoms with Gasteiger partial charge in [0, 0.05) is 0 Å². The van der Waals surface area contributed by atoms with E-state index < -0.39 is 0 Å². The third kappa shape index (κ3) is 3.21. The highest BCUT2D eigenvalue weighted by Gasteiger charge is 2.08. The van der Waals surface area contributed by atoms with Gasteiger partial charge >= 0.3 is 5.97 Å². The predicted octanol–water partition coefficient (Wildman–Crippen LogP) is 2.77. The van der Waals surface area contributed by atoms with Gasteiger partial charge in [0.1, 0.15) is 6.61 Å². The summed E-state index contributed by atoms with van der Waals surface area (Å²) in [6.45, 7) is 7.39. The van der Waals surface area contributed by atoms with Crippen molar-refractivity contribution >= 4 is 5.97 Å². The molecule has 1 aliphatic rings. The van der Waals surface area contributed by atoms with E-state index in [9.17, 15) is 4.79 Å². The van der Waals surface area contributed by atoms with Gasteiger partial charge in [0.2, 0.25) is 0 Å². The van der Waals surface area contributed by atoms with Crippen LogP contribution in [0.25, 0.3) is 0 Å². The van der Waals surface area contributed by atoms with Gasteiger partial charge in [0.05, 0.1) is 5.57 Å². The zero-order valence-corrected chi connectivity index (χ0v) is 8.42. The lowest BCUT2D eigenvalue weighted by Crippen LogP contribution is -2.09. The molecule has 14 heavy (non-hydrogen) atoms. The Hall–Kier alpha value is -1.31. The van der Waals surface area contributed by atoms with Crippen molar-refractivity contribution < 1.29 is 9.53 Å². The van der Waals surface area contributed by atoms with E-state index in [1.807, 2.05) is 0 Å². The fraction of sp³-hybridized carbons (Fsp3) is 0.417. The maximum absolute atomic E-state index is 11.2. The van der Waals surface area contributed by atoms with Crippen LogP contribution >= 0.6 is 0 Å². The van der Waals surface area contributed by atoms with E-state index in [0.29, 0.717) is 12.2 Å². The number of esters is 1. The molecule has 2 nitrogen and oxygen atoms in total. The van der Waals surface area contributed by atoms with Gasteiger partial charge in [-0.25, -0.2) is 4.79 Å². The van der Waals surface area contributed by atoms with Gasteiger partial charge in [0.25, 0.3) is 0 Å². The average Bonchev–Trinajstić information content (AvgIpc) is 2.26. The second-order valence-electron chi connectivity index (χ2n) is 3.41. The van der Waals surface area contributed by atoms with Crippen LogP contribution in [-0.4, -0.2) is 12.6 Å². The lowest BCUT2D eigenvalue weighted by atomic mass is 10.0. The third-order valence-electron chi connectivity index (χ3n) is 2.28. The van der Waals surface area contributed by atoms with Crippen LogP contribution in [0.4, 0.5) is 0 Å². The monoisotopic (exact) mass is 192 g/mol. The molecule has 1 rings (SSSR count). The van der Waals surface area contributed by atoms with Gasteiger partial charge in [-0.05, 0) is 31.3 Å². The van der Waals surface area contributed by atoms with Crippen molar-refractivity contribution in [2.24, 2.45) is 0 Å². The topological polar surface area (TPSA) is 26.3 Å². The highest BCUT2D eigenvalue weighted by molar-refractivity contribution is 5.90. The molecule has 0 aromatic rings. The Bertz CT molecular complexity index is 272. The van der Waals surface area contributed by atoms with Crippen molar-refractivity contribution in [2.75, 3.05) is 6.61 Å². The molecule has 0 fully saturated rings. The molecule has 76 valence electrons. The van der Waals surface area contributed by atoms with E-state index in [-0.39, 0.29) is 5.97 Å². The van der Waals surface area contributed by atoms with Crippen LogP contribution in [0.1, 0.15) is 25.7 Å². The Balaban J connectivity index is 2.32. The number of hydrogen-bond donors (Lipinski definition) is 0. The minimum Gasteiger partial charge on any atom is -0.458 e. The summed E-state index contributed by atoms with van der Waals surface area (Å²) in [4.78, 5) is 11.2. The molecule has 0 aromatic heterocycles. The molecule has 0 aliphatic heterocycles. The minimum absolute atomic E-state index is 0.321. The minimum atomic E-state index is -0.369. The largest absolute Gasteiger partial charge is 0.458 e. The van der Waals surface area contributed by atoms with Crippen molar-refractivity contribution in [1.29, 1.82) is 0 Å². The van der Waals surface area contributed by atoms with Gasteiger partial charge in [0.15, 0.2) is 0 Å². The molecule has 0 bridgehead atoms. The normalized spacial score (nSPS) is 15.6. The number of rotatable bonds is 4. The standard InChI is InChI=1S/C12H16O2/c1-3-10(2)12(13)14-9-11-7-5-4-6-8-11/h3,7H,1-2,4-6,8-9H2.